The Morgan fingerprint density at radius 2 is 0.745 bits per heavy atom. The molecule has 0 aliphatic heterocycles. The third-order valence-electron chi connectivity index (χ3n) is 6.28. The maximum atomic E-state index is 12.2. The summed E-state index contributed by atoms with van der Waals surface area (Å²) in [5, 5.41) is 10.2. The molecule has 0 radical (unpaired) electrons. The minimum Gasteiger partial charge on any atom is -0.459 e. The number of nitrogens with zero attached hydrogens (tertiary/aromatic N) is 1. The number of esters is 2. The normalized spacial score (nSPS) is 10.2. The van der Waals surface area contributed by atoms with E-state index in [1.54, 1.807) is 48.5 Å². The first kappa shape index (κ1) is 41.1. The summed E-state index contributed by atoms with van der Waals surface area (Å²) >= 11 is 0. The number of hydrogen-bond acceptors (Lipinski definition) is 13. The van der Waals surface area contributed by atoms with Gasteiger partial charge in [0.05, 0.1) is 0 Å². The highest BCUT2D eigenvalue weighted by molar-refractivity contribution is 5.89. The third kappa shape index (κ3) is 17.7. The zero-order valence-corrected chi connectivity index (χ0v) is 28.7. The summed E-state index contributed by atoms with van der Waals surface area (Å²) < 4.78 is 30.0. The summed E-state index contributed by atoms with van der Waals surface area (Å²) in [5.74, 6) is -1.15. The molecule has 0 saturated carbocycles. The molecule has 0 aliphatic carbocycles. The fraction of sp³-hybridized carbons (Fsp3) is 0.353. The lowest BCUT2D eigenvalue weighted by atomic mass is 10.3. The van der Waals surface area contributed by atoms with E-state index in [2.05, 4.69) is 34.4 Å². The summed E-state index contributed by atoms with van der Waals surface area (Å²) in [5.41, 5.74) is 2.17. The predicted octanol–water partition coefficient (Wildman–Crippen LogP) is 5.14. The molecule has 0 spiro atoms. The number of amides is 4. The highest BCUT2D eigenvalue weighted by atomic mass is 16.6. The van der Waals surface area contributed by atoms with Gasteiger partial charge in [-0.05, 0) is 68.9 Å². The van der Waals surface area contributed by atoms with Crippen molar-refractivity contribution in [3.05, 3.63) is 72.8 Å². The molecule has 4 N–H and O–H groups in total. The molecule has 276 valence electrons. The lowest BCUT2D eigenvalue weighted by Gasteiger charge is -2.20. The van der Waals surface area contributed by atoms with Crippen LogP contribution >= 0.6 is 0 Å². The van der Waals surface area contributed by atoms with Crippen molar-refractivity contribution in [3.8, 4) is 0 Å². The quantitative estimate of drug-likeness (QED) is 0.0644. The Morgan fingerprint density at radius 3 is 1.00 bits per heavy atom. The number of carbonyl (C=O) groups excluding carboxylic acids is 6. The number of likely N-dealkylation sites (N-methyl/N-ethyl adjacent to an activating group) is 1. The second-order valence-corrected chi connectivity index (χ2v) is 10.5. The molecule has 51 heavy (non-hydrogen) atoms. The monoisotopic (exact) mass is 713 g/mol. The van der Waals surface area contributed by atoms with Gasteiger partial charge in [0.1, 0.15) is 39.6 Å². The molecule has 0 unspecified atom stereocenters. The summed E-state index contributed by atoms with van der Waals surface area (Å²) in [7, 11) is 0. The lowest BCUT2D eigenvalue weighted by molar-refractivity contribution is -0.140. The third-order valence-corrected chi connectivity index (χ3v) is 6.28. The van der Waals surface area contributed by atoms with Crippen molar-refractivity contribution in [2.45, 2.75) is 20.8 Å². The number of nitrogens with one attached hydrogen (secondary N) is 4. The average Bonchev–Trinajstić information content (AvgIpc) is 3.09. The molecule has 0 saturated heterocycles. The Bertz CT molecular complexity index is 1400. The second kappa shape index (κ2) is 22.5. The standard InChI is InChI=1S/C34H43N5O12/c1-6-39(15-17-48-31(42)35-25-7-11-27(12-8-25)37-33(44)50-21-19-46-29(40)23(2)3)16-18-49-32(43)36-26-9-13-28(14-10-26)38-34(45)51-22-20-47-30(41)24(4)5/h7-14H,2,4,6,15-22H2,1,3,5H3,(H,35,42)(H,36,43)(H,37,44)(H,38,45). The smallest absolute Gasteiger partial charge is 0.411 e. The van der Waals surface area contributed by atoms with E-state index in [0.29, 0.717) is 42.4 Å². The molecule has 17 nitrogen and oxygen atoms in total. The second-order valence-electron chi connectivity index (χ2n) is 10.5. The molecule has 0 aromatic heterocycles. The Balaban J connectivity index is 1.60. The predicted molar refractivity (Wildman–Crippen MR) is 186 cm³/mol. The maximum absolute atomic E-state index is 12.2. The van der Waals surface area contributed by atoms with Gasteiger partial charge in [-0.1, -0.05) is 20.1 Å². The Hall–Kier alpha value is -6.10. The summed E-state index contributed by atoms with van der Waals surface area (Å²) in [4.78, 5) is 72.7. The van der Waals surface area contributed by atoms with Crippen LogP contribution in [0.15, 0.2) is 72.8 Å². The largest absolute Gasteiger partial charge is 0.459 e. The van der Waals surface area contributed by atoms with Crippen LogP contribution in [0.25, 0.3) is 0 Å². The molecule has 2 aromatic rings. The van der Waals surface area contributed by atoms with Crippen LogP contribution in [0.5, 0.6) is 0 Å². The van der Waals surface area contributed by atoms with Crippen molar-refractivity contribution in [3.63, 3.8) is 0 Å². The van der Waals surface area contributed by atoms with Crippen molar-refractivity contribution in [2.24, 2.45) is 0 Å². The van der Waals surface area contributed by atoms with Crippen LogP contribution in [0.2, 0.25) is 0 Å². The zero-order valence-electron chi connectivity index (χ0n) is 28.7. The zero-order chi connectivity index (χ0) is 37.6. The van der Waals surface area contributed by atoms with Gasteiger partial charge in [-0.15, -0.1) is 0 Å². The van der Waals surface area contributed by atoms with Crippen LogP contribution in [0.3, 0.4) is 0 Å². The highest BCUT2D eigenvalue weighted by Crippen LogP contribution is 2.15. The summed E-state index contributed by atoms with van der Waals surface area (Å²) in [6.07, 6.45) is -2.83. The fourth-order valence-corrected chi connectivity index (χ4v) is 3.64. The molecular weight excluding hydrogens is 670 g/mol. The van der Waals surface area contributed by atoms with E-state index in [1.807, 2.05) is 11.8 Å². The van der Waals surface area contributed by atoms with E-state index in [-0.39, 0.29) is 50.8 Å². The Kier molecular flexibility index (Phi) is 18.1. The van der Waals surface area contributed by atoms with Gasteiger partial charge in [0.15, 0.2) is 0 Å². The molecule has 17 heteroatoms. The van der Waals surface area contributed by atoms with Gasteiger partial charge >= 0.3 is 36.3 Å². The van der Waals surface area contributed by atoms with Crippen molar-refractivity contribution in [1.29, 1.82) is 0 Å². The highest BCUT2D eigenvalue weighted by Gasteiger charge is 2.11. The van der Waals surface area contributed by atoms with E-state index >= 15 is 0 Å². The van der Waals surface area contributed by atoms with E-state index in [1.165, 1.54) is 13.8 Å². The number of anilines is 4. The number of ether oxygens (including phenoxy) is 6. The molecule has 4 amide bonds. The molecular formula is C34H43N5O12. The van der Waals surface area contributed by atoms with Gasteiger partial charge < -0.3 is 28.4 Å². The molecule has 0 heterocycles. The van der Waals surface area contributed by atoms with Crippen LogP contribution in [0.4, 0.5) is 41.9 Å². The van der Waals surface area contributed by atoms with E-state index in [9.17, 15) is 28.8 Å². The van der Waals surface area contributed by atoms with Crippen LogP contribution < -0.4 is 21.3 Å². The molecule has 0 bridgehead atoms. The minimum absolute atomic E-state index is 0.0788. The SMILES string of the molecule is C=C(C)C(=O)OCCOC(=O)Nc1ccc(NC(=O)OCCN(CC)CCOC(=O)Nc2ccc(NC(=O)OCCOC(=O)C(=C)C)cc2)cc1. The first-order chi connectivity index (χ1) is 24.4. The van der Waals surface area contributed by atoms with Crippen molar-refractivity contribution < 1.29 is 57.2 Å². The van der Waals surface area contributed by atoms with E-state index in [4.69, 9.17) is 28.4 Å². The molecule has 2 rings (SSSR count). The van der Waals surface area contributed by atoms with Crippen molar-refractivity contribution >= 4 is 59.1 Å². The summed E-state index contributed by atoms with van der Waals surface area (Å²) in [6.45, 7) is 12.9. The van der Waals surface area contributed by atoms with Crippen LogP contribution in [0.1, 0.15) is 20.8 Å². The fourth-order valence-electron chi connectivity index (χ4n) is 3.64. The van der Waals surface area contributed by atoms with Gasteiger partial charge in [0, 0.05) is 47.0 Å². The number of carbonyl (C=O) groups is 6. The number of hydrogen-bond donors (Lipinski definition) is 4. The van der Waals surface area contributed by atoms with E-state index < -0.39 is 36.3 Å². The van der Waals surface area contributed by atoms with Crippen LogP contribution in [-0.2, 0) is 38.0 Å². The number of benzene rings is 2. The first-order valence-corrected chi connectivity index (χ1v) is 15.7. The lowest BCUT2D eigenvalue weighted by Crippen LogP contribution is -2.32. The Labute approximate surface area is 295 Å². The van der Waals surface area contributed by atoms with Crippen molar-refractivity contribution in [2.75, 3.05) is 80.5 Å². The Morgan fingerprint density at radius 1 is 0.490 bits per heavy atom. The maximum Gasteiger partial charge on any atom is 0.411 e. The molecule has 0 aliphatic rings. The van der Waals surface area contributed by atoms with Crippen LogP contribution in [-0.4, -0.2) is 100 Å². The average molecular weight is 714 g/mol. The summed E-state index contributed by atoms with van der Waals surface area (Å²) in [6, 6.07) is 12.4. The van der Waals surface area contributed by atoms with E-state index in [0.717, 1.165) is 0 Å². The molecule has 0 atom stereocenters. The van der Waals surface area contributed by atoms with Gasteiger partial charge in [-0.25, -0.2) is 28.8 Å². The van der Waals surface area contributed by atoms with Gasteiger partial charge in [0.2, 0.25) is 0 Å². The van der Waals surface area contributed by atoms with Gasteiger partial charge in [-0.2, -0.15) is 0 Å². The topological polar surface area (TPSA) is 209 Å². The minimum atomic E-state index is -0.742. The van der Waals surface area contributed by atoms with Gasteiger partial charge in [0.25, 0.3) is 0 Å². The van der Waals surface area contributed by atoms with Crippen molar-refractivity contribution in [1.82, 2.24) is 4.90 Å². The molecule has 2 aromatic carbocycles. The number of rotatable bonds is 19. The first-order valence-electron chi connectivity index (χ1n) is 15.7. The van der Waals surface area contributed by atoms with Gasteiger partial charge in [-0.3, -0.25) is 26.2 Å². The van der Waals surface area contributed by atoms with Crippen LogP contribution in [0, 0.1) is 0 Å². The molecule has 0 fully saturated rings.